The summed E-state index contributed by atoms with van der Waals surface area (Å²) in [7, 11) is 0. The van der Waals surface area contributed by atoms with Crippen molar-refractivity contribution in [2.75, 3.05) is 0 Å². The third-order valence-electron chi connectivity index (χ3n) is 6.43. The van der Waals surface area contributed by atoms with Crippen LogP contribution in [0.4, 0.5) is 4.39 Å². The Morgan fingerprint density at radius 1 is 1.00 bits per heavy atom. The molecule has 3 nitrogen and oxygen atoms in total. The summed E-state index contributed by atoms with van der Waals surface area (Å²) in [6.45, 7) is 4.16. The second-order valence-corrected chi connectivity index (χ2v) is 9.05. The molecule has 0 amide bonds. The highest BCUT2D eigenvalue weighted by atomic mass is 19.1. The van der Waals surface area contributed by atoms with Gasteiger partial charge in [0, 0.05) is 22.6 Å². The molecule has 0 aliphatic heterocycles. The molecule has 1 aromatic heterocycles. The van der Waals surface area contributed by atoms with Gasteiger partial charge in [-0.05, 0) is 60.4 Å². The molecule has 0 bridgehead atoms. The summed E-state index contributed by atoms with van der Waals surface area (Å²) >= 11 is 0. The van der Waals surface area contributed by atoms with Gasteiger partial charge in [0.2, 0.25) is 0 Å². The molecule has 1 atom stereocenters. The van der Waals surface area contributed by atoms with Crippen molar-refractivity contribution in [2.24, 2.45) is 11.3 Å². The van der Waals surface area contributed by atoms with E-state index >= 15 is 0 Å². The lowest BCUT2D eigenvalue weighted by Gasteiger charge is -2.34. The average Bonchev–Trinajstić information content (AvgIpc) is 3.54. The molecule has 1 heterocycles. The summed E-state index contributed by atoms with van der Waals surface area (Å²) in [6, 6.07) is 22.9. The fourth-order valence-corrected chi connectivity index (χ4v) is 4.70. The fraction of sp³-hybridized carbons (Fsp3) is 0.259. The number of carbonyl (C=O) groups is 1. The normalized spacial score (nSPS) is 15.2. The summed E-state index contributed by atoms with van der Waals surface area (Å²) in [5.74, 6) is 0.241. The van der Waals surface area contributed by atoms with Crippen molar-refractivity contribution < 1.29 is 9.18 Å². The van der Waals surface area contributed by atoms with Gasteiger partial charge in [-0.1, -0.05) is 50.2 Å². The molecule has 0 N–H and O–H groups in total. The highest BCUT2D eigenvalue weighted by molar-refractivity contribution is 5.90. The van der Waals surface area contributed by atoms with E-state index in [-0.39, 0.29) is 17.7 Å². The van der Waals surface area contributed by atoms with Crippen LogP contribution in [0.5, 0.6) is 0 Å². The van der Waals surface area contributed by atoms with Crippen LogP contribution in [0, 0.1) is 17.2 Å². The number of nitrogens with zero attached hydrogens (tertiary/aromatic N) is 2. The van der Waals surface area contributed by atoms with Gasteiger partial charge in [-0.2, -0.15) is 5.10 Å². The first kappa shape index (κ1) is 19.7. The lowest BCUT2D eigenvalue weighted by Crippen LogP contribution is -2.33. The fourth-order valence-electron chi connectivity index (χ4n) is 4.70. The van der Waals surface area contributed by atoms with Crippen LogP contribution in [-0.2, 0) is 4.79 Å². The number of halogens is 1. The Bertz CT molecular complexity index is 1240. The van der Waals surface area contributed by atoms with Crippen LogP contribution in [-0.4, -0.2) is 15.6 Å². The van der Waals surface area contributed by atoms with Gasteiger partial charge in [0.05, 0.1) is 17.4 Å². The first-order valence-electron chi connectivity index (χ1n) is 10.8. The molecule has 1 aliphatic rings. The number of hydrogen-bond donors (Lipinski definition) is 0. The third kappa shape index (κ3) is 3.56. The van der Waals surface area contributed by atoms with Gasteiger partial charge in [0.15, 0.2) is 0 Å². The molecule has 4 heteroatoms. The highest BCUT2D eigenvalue weighted by Gasteiger charge is 2.45. The summed E-state index contributed by atoms with van der Waals surface area (Å²) in [5, 5.41) is 5.53. The Kier molecular flexibility index (Phi) is 4.73. The van der Waals surface area contributed by atoms with E-state index in [1.54, 1.807) is 12.1 Å². The Morgan fingerprint density at radius 3 is 2.39 bits per heavy atom. The molecule has 0 saturated heterocycles. The minimum atomic E-state index is -0.511. The quantitative estimate of drug-likeness (QED) is 0.372. The second-order valence-electron chi connectivity index (χ2n) is 9.05. The first-order chi connectivity index (χ1) is 14.9. The van der Waals surface area contributed by atoms with E-state index in [0.29, 0.717) is 5.78 Å². The molecule has 0 spiro atoms. The van der Waals surface area contributed by atoms with Crippen LogP contribution in [0.2, 0.25) is 0 Å². The molecule has 1 fully saturated rings. The number of ketones is 1. The maximum atomic E-state index is 13.3. The first-order valence-corrected chi connectivity index (χ1v) is 10.8. The SMILES string of the molecule is CC(C)(C(=O)C1CC1)C(c1ccccc1)c1ccc2c(cnn2-c2ccc(F)cc2)c1. The smallest absolute Gasteiger partial charge is 0.142 e. The van der Waals surface area contributed by atoms with Crippen molar-refractivity contribution in [3.63, 3.8) is 0 Å². The lowest BCUT2D eigenvalue weighted by atomic mass is 9.67. The van der Waals surface area contributed by atoms with E-state index < -0.39 is 5.41 Å². The number of benzene rings is 3. The maximum Gasteiger partial charge on any atom is 0.142 e. The second kappa shape index (κ2) is 7.45. The molecule has 1 saturated carbocycles. The van der Waals surface area contributed by atoms with Crippen LogP contribution in [0.1, 0.15) is 43.7 Å². The van der Waals surface area contributed by atoms with Crippen LogP contribution < -0.4 is 0 Å². The molecule has 3 aromatic carbocycles. The molecule has 4 aromatic rings. The molecular formula is C27H25FN2O. The Hall–Kier alpha value is -3.27. The summed E-state index contributed by atoms with van der Waals surface area (Å²) in [5.41, 5.74) is 3.51. The van der Waals surface area contributed by atoms with Crippen LogP contribution >= 0.6 is 0 Å². The van der Waals surface area contributed by atoms with Gasteiger partial charge in [-0.3, -0.25) is 4.79 Å². The van der Waals surface area contributed by atoms with Gasteiger partial charge in [-0.25, -0.2) is 9.07 Å². The topological polar surface area (TPSA) is 34.9 Å². The molecule has 1 aliphatic carbocycles. The largest absolute Gasteiger partial charge is 0.299 e. The Balaban J connectivity index is 1.60. The predicted molar refractivity (Wildman–Crippen MR) is 121 cm³/mol. The number of fused-ring (bicyclic) bond motifs is 1. The molecular weight excluding hydrogens is 387 g/mol. The van der Waals surface area contributed by atoms with E-state index in [0.717, 1.165) is 40.6 Å². The Morgan fingerprint density at radius 2 is 1.71 bits per heavy atom. The zero-order chi connectivity index (χ0) is 21.6. The van der Waals surface area contributed by atoms with Crippen molar-refractivity contribution in [2.45, 2.75) is 32.6 Å². The molecule has 31 heavy (non-hydrogen) atoms. The Labute approximate surface area is 181 Å². The van der Waals surface area contributed by atoms with Crippen LogP contribution in [0.25, 0.3) is 16.6 Å². The van der Waals surface area contributed by atoms with E-state index in [1.165, 1.54) is 12.1 Å². The number of Topliss-reactive ketones (excluding diaryl/α,β-unsaturated/α-hetero) is 1. The van der Waals surface area contributed by atoms with Crippen molar-refractivity contribution >= 4 is 16.7 Å². The predicted octanol–water partition coefficient (Wildman–Crippen LogP) is 6.30. The zero-order valence-corrected chi connectivity index (χ0v) is 17.8. The van der Waals surface area contributed by atoms with Gasteiger partial charge < -0.3 is 0 Å². The van der Waals surface area contributed by atoms with Gasteiger partial charge in [-0.15, -0.1) is 0 Å². The molecule has 1 unspecified atom stereocenters. The van der Waals surface area contributed by atoms with Gasteiger partial charge >= 0.3 is 0 Å². The van der Waals surface area contributed by atoms with E-state index in [2.05, 4.69) is 49.3 Å². The number of aromatic nitrogens is 2. The van der Waals surface area contributed by atoms with Gasteiger partial charge in [0.25, 0.3) is 0 Å². The summed E-state index contributed by atoms with van der Waals surface area (Å²) in [6.07, 6.45) is 3.85. The summed E-state index contributed by atoms with van der Waals surface area (Å²) in [4.78, 5) is 13.2. The maximum absolute atomic E-state index is 13.3. The van der Waals surface area contributed by atoms with E-state index in [1.807, 2.05) is 29.1 Å². The summed E-state index contributed by atoms with van der Waals surface area (Å²) < 4.78 is 15.1. The van der Waals surface area contributed by atoms with Crippen LogP contribution in [0.3, 0.4) is 0 Å². The zero-order valence-electron chi connectivity index (χ0n) is 17.8. The third-order valence-corrected chi connectivity index (χ3v) is 6.43. The van der Waals surface area contributed by atoms with E-state index in [4.69, 9.17) is 0 Å². The lowest BCUT2D eigenvalue weighted by molar-refractivity contribution is -0.129. The minimum absolute atomic E-state index is 0.0413. The molecule has 156 valence electrons. The van der Waals surface area contributed by atoms with Crippen molar-refractivity contribution in [1.82, 2.24) is 9.78 Å². The average molecular weight is 413 g/mol. The number of carbonyl (C=O) groups excluding carboxylic acids is 1. The van der Waals surface area contributed by atoms with Gasteiger partial charge in [0.1, 0.15) is 11.6 Å². The van der Waals surface area contributed by atoms with E-state index in [9.17, 15) is 9.18 Å². The van der Waals surface area contributed by atoms with Crippen molar-refractivity contribution in [3.05, 3.63) is 95.9 Å². The van der Waals surface area contributed by atoms with Crippen molar-refractivity contribution in [3.8, 4) is 5.69 Å². The molecule has 5 rings (SSSR count). The standard InChI is InChI=1S/C27H25FN2O/c1-27(2,26(31)19-8-9-19)25(18-6-4-3-5-7-18)20-10-15-24-21(16-20)17-29-30(24)23-13-11-22(28)12-14-23/h3-7,10-17,19,25H,8-9H2,1-2H3. The van der Waals surface area contributed by atoms with Crippen molar-refractivity contribution in [1.29, 1.82) is 0 Å². The molecule has 0 radical (unpaired) electrons. The minimum Gasteiger partial charge on any atom is -0.299 e. The number of hydrogen-bond acceptors (Lipinski definition) is 2. The van der Waals surface area contributed by atoms with Crippen LogP contribution in [0.15, 0.2) is 79.0 Å². The number of rotatable bonds is 6. The monoisotopic (exact) mass is 412 g/mol. The highest BCUT2D eigenvalue weighted by Crippen LogP contribution is 2.47.